The first-order valence-corrected chi connectivity index (χ1v) is 12.8. The minimum Gasteiger partial charge on any atom is -0.397 e. The predicted molar refractivity (Wildman–Crippen MR) is 139 cm³/mol. The number of piperazine rings is 1. The molecule has 0 radical (unpaired) electrons. The van der Waals surface area contributed by atoms with Gasteiger partial charge in [0.1, 0.15) is 11.4 Å². The maximum Gasteiger partial charge on any atom is 0.261 e. The molecule has 2 aliphatic rings. The van der Waals surface area contributed by atoms with Gasteiger partial charge in [0.2, 0.25) is 0 Å². The zero-order valence-corrected chi connectivity index (χ0v) is 20.0. The second-order valence-corrected chi connectivity index (χ2v) is 10.0. The van der Waals surface area contributed by atoms with E-state index in [0.29, 0.717) is 17.1 Å². The van der Waals surface area contributed by atoms with Crippen molar-refractivity contribution in [2.75, 3.05) is 43.9 Å². The lowest BCUT2D eigenvalue weighted by atomic mass is 10.0. The Morgan fingerprint density at radius 1 is 0.939 bits per heavy atom. The Kier molecular flexibility index (Phi) is 6.37. The molecule has 1 saturated carbocycles. The van der Waals surface area contributed by atoms with E-state index in [1.54, 1.807) is 0 Å². The molecule has 0 bridgehead atoms. The van der Waals surface area contributed by atoms with Crippen molar-refractivity contribution in [3.8, 4) is 11.4 Å². The average molecular weight is 465 g/mol. The standard InChI is InChI=1S/C19H20N6OS.C6H12/c1-24-5-7-25(8-6-24)11-2-3-12-14(10-11)22-18(21-12)15-16(20)17-13(4-9-27-17)23-19(15)26;1-2-4-6-5-3-1/h2-4,9-10H,5-8H2,1H3,(H,21,22)(H3,20,23,26);1-6H2. The first-order chi connectivity index (χ1) is 16.1. The van der Waals surface area contributed by atoms with Crippen LogP contribution in [-0.4, -0.2) is 53.1 Å². The lowest BCUT2D eigenvalue weighted by Crippen LogP contribution is -2.44. The van der Waals surface area contributed by atoms with Gasteiger partial charge in [-0.05, 0) is 36.7 Å². The van der Waals surface area contributed by atoms with Gasteiger partial charge in [0, 0.05) is 31.9 Å². The highest BCUT2D eigenvalue weighted by molar-refractivity contribution is 7.17. The second kappa shape index (κ2) is 9.57. The van der Waals surface area contributed by atoms with E-state index in [1.807, 2.05) is 17.5 Å². The number of hydrogen-bond acceptors (Lipinski definition) is 6. The van der Waals surface area contributed by atoms with E-state index < -0.39 is 0 Å². The number of likely N-dealkylation sites (N-methyl/N-ethyl adjacent to an activating group) is 1. The number of hydrogen-bond donors (Lipinski definition) is 3. The molecule has 4 N–H and O–H groups in total. The molecular formula is C25H32N6OS. The molecule has 1 aliphatic carbocycles. The van der Waals surface area contributed by atoms with Gasteiger partial charge in [-0.2, -0.15) is 0 Å². The van der Waals surface area contributed by atoms with E-state index in [0.717, 1.165) is 47.4 Å². The molecule has 1 aliphatic heterocycles. The van der Waals surface area contributed by atoms with Gasteiger partial charge in [0.05, 0.1) is 26.9 Å². The van der Waals surface area contributed by atoms with Crippen LogP contribution < -0.4 is 16.2 Å². The molecule has 174 valence electrons. The Bertz CT molecular complexity index is 1280. The first kappa shape index (κ1) is 22.0. The Morgan fingerprint density at radius 3 is 2.33 bits per heavy atom. The highest BCUT2D eigenvalue weighted by atomic mass is 32.1. The zero-order valence-electron chi connectivity index (χ0n) is 19.2. The second-order valence-electron chi connectivity index (χ2n) is 9.10. The van der Waals surface area contributed by atoms with Gasteiger partial charge in [-0.25, -0.2) is 4.98 Å². The number of nitrogen functional groups attached to an aromatic ring is 1. The van der Waals surface area contributed by atoms with Gasteiger partial charge in [-0.3, -0.25) is 4.79 Å². The molecule has 0 unspecified atom stereocenters. The van der Waals surface area contributed by atoms with Crippen molar-refractivity contribution in [2.45, 2.75) is 38.5 Å². The van der Waals surface area contributed by atoms with Gasteiger partial charge in [0.15, 0.2) is 0 Å². The van der Waals surface area contributed by atoms with Crippen LogP contribution in [0.3, 0.4) is 0 Å². The molecule has 33 heavy (non-hydrogen) atoms. The molecule has 2 fully saturated rings. The fourth-order valence-electron chi connectivity index (χ4n) is 4.71. The van der Waals surface area contributed by atoms with Gasteiger partial charge < -0.3 is 25.5 Å². The van der Waals surface area contributed by atoms with Crippen LogP contribution in [0.5, 0.6) is 0 Å². The number of imidazole rings is 1. The fourth-order valence-corrected chi connectivity index (χ4v) is 5.53. The summed E-state index contributed by atoms with van der Waals surface area (Å²) >= 11 is 1.51. The minimum absolute atomic E-state index is 0.225. The molecule has 4 aromatic rings. The number of thiophene rings is 1. The molecule has 0 amide bonds. The molecule has 4 heterocycles. The van der Waals surface area contributed by atoms with Crippen molar-refractivity contribution in [3.05, 3.63) is 40.0 Å². The number of pyridine rings is 1. The lowest BCUT2D eigenvalue weighted by Gasteiger charge is -2.34. The van der Waals surface area contributed by atoms with Crippen LogP contribution in [0.1, 0.15) is 38.5 Å². The average Bonchev–Trinajstić information content (AvgIpc) is 3.47. The van der Waals surface area contributed by atoms with E-state index in [1.165, 1.54) is 55.5 Å². The van der Waals surface area contributed by atoms with E-state index in [4.69, 9.17) is 5.73 Å². The maximum absolute atomic E-state index is 12.6. The summed E-state index contributed by atoms with van der Waals surface area (Å²) < 4.78 is 0.878. The third-order valence-electron chi connectivity index (χ3n) is 6.73. The van der Waals surface area contributed by atoms with Crippen molar-refractivity contribution < 1.29 is 0 Å². The Labute approximate surface area is 197 Å². The van der Waals surface area contributed by atoms with E-state index >= 15 is 0 Å². The monoisotopic (exact) mass is 464 g/mol. The van der Waals surface area contributed by atoms with Crippen molar-refractivity contribution >= 4 is 44.0 Å². The molecule has 1 saturated heterocycles. The third-order valence-corrected chi connectivity index (χ3v) is 7.67. The maximum atomic E-state index is 12.6. The van der Waals surface area contributed by atoms with Crippen LogP contribution in [-0.2, 0) is 0 Å². The predicted octanol–water partition coefficient (Wildman–Crippen LogP) is 4.81. The van der Waals surface area contributed by atoms with Crippen molar-refractivity contribution in [3.63, 3.8) is 0 Å². The highest BCUT2D eigenvalue weighted by Gasteiger charge is 2.18. The summed E-state index contributed by atoms with van der Waals surface area (Å²) in [6, 6.07) is 8.05. The highest BCUT2D eigenvalue weighted by Crippen LogP contribution is 2.32. The number of nitrogens with two attached hydrogens (primary N) is 1. The zero-order chi connectivity index (χ0) is 22.8. The Morgan fingerprint density at radius 2 is 1.64 bits per heavy atom. The SMILES string of the molecule is C1CCCCC1.CN1CCN(c2ccc3nc(-c4c(N)c5sccc5[nH]c4=O)[nH]c3c2)CC1. The quantitative estimate of drug-likeness (QED) is 0.396. The number of rotatable bonds is 2. The number of nitrogens with one attached hydrogen (secondary N) is 2. The van der Waals surface area contributed by atoms with E-state index in [-0.39, 0.29) is 5.56 Å². The van der Waals surface area contributed by atoms with Crippen LogP contribution >= 0.6 is 11.3 Å². The minimum atomic E-state index is -0.225. The summed E-state index contributed by atoms with van der Waals surface area (Å²) in [5.74, 6) is 0.509. The summed E-state index contributed by atoms with van der Waals surface area (Å²) in [5, 5.41) is 1.92. The normalized spacial score (nSPS) is 17.3. The summed E-state index contributed by atoms with van der Waals surface area (Å²) in [5.41, 5.74) is 10.6. The summed E-state index contributed by atoms with van der Waals surface area (Å²) in [6.07, 6.45) is 9.00. The number of nitrogens with zero attached hydrogens (tertiary/aromatic N) is 3. The molecular weight excluding hydrogens is 432 g/mol. The smallest absolute Gasteiger partial charge is 0.261 e. The summed E-state index contributed by atoms with van der Waals surface area (Å²) in [6.45, 7) is 4.12. The van der Waals surface area contributed by atoms with Gasteiger partial charge in [0.25, 0.3) is 5.56 Å². The number of H-pyrrole nitrogens is 2. The summed E-state index contributed by atoms with van der Waals surface area (Å²) in [7, 11) is 2.15. The Hall–Kier alpha value is -2.84. The molecule has 7 nitrogen and oxygen atoms in total. The molecule has 1 aromatic carbocycles. The third kappa shape index (κ3) is 4.63. The molecule has 3 aromatic heterocycles. The van der Waals surface area contributed by atoms with Crippen molar-refractivity contribution in [2.24, 2.45) is 0 Å². The Balaban J connectivity index is 0.000000332. The van der Waals surface area contributed by atoms with Gasteiger partial charge in [-0.1, -0.05) is 38.5 Å². The van der Waals surface area contributed by atoms with Crippen LogP contribution in [0.4, 0.5) is 11.4 Å². The number of aromatic nitrogens is 3. The molecule has 8 heteroatoms. The van der Waals surface area contributed by atoms with E-state index in [9.17, 15) is 4.79 Å². The van der Waals surface area contributed by atoms with E-state index in [2.05, 4.69) is 43.9 Å². The number of fused-ring (bicyclic) bond motifs is 2. The molecule has 6 rings (SSSR count). The summed E-state index contributed by atoms with van der Waals surface area (Å²) in [4.78, 5) is 28.1. The van der Waals surface area contributed by atoms with Crippen molar-refractivity contribution in [1.29, 1.82) is 0 Å². The number of benzene rings is 1. The largest absolute Gasteiger partial charge is 0.397 e. The molecule has 0 spiro atoms. The van der Waals surface area contributed by atoms with Crippen LogP contribution in [0.25, 0.3) is 32.6 Å². The fraction of sp³-hybridized carbons (Fsp3) is 0.440. The topological polar surface area (TPSA) is 94.0 Å². The first-order valence-electron chi connectivity index (χ1n) is 11.9. The van der Waals surface area contributed by atoms with Crippen molar-refractivity contribution in [1.82, 2.24) is 19.9 Å². The van der Waals surface area contributed by atoms with Crippen LogP contribution in [0.15, 0.2) is 34.4 Å². The van der Waals surface area contributed by atoms with Gasteiger partial charge >= 0.3 is 0 Å². The van der Waals surface area contributed by atoms with Crippen LogP contribution in [0, 0.1) is 0 Å². The molecule has 0 atom stereocenters. The van der Waals surface area contributed by atoms with Crippen LogP contribution in [0.2, 0.25) is 0 Å². The number of aromatic amines is 2. The van der Waals surface area contributed by atoms with Gasteiger partial charge in [-0.15, -0.1) is 11.3 Å². The lowest BCUT2D eigenvalue weighted by molar-refractivity contribution is 0.313. The number of anilines is 2.